The first-order chi connectivity index (χ1) is 13.1. The van der Waals surface area contributed by atoms with E-state index in [0.717, 1.165) is 11.6 Å². The smallest absolute Gasteiger partial charge is 0.339 e. The van der Waals surface area contributed by atoms with Gasteiger partial charge in [0.1, 0.15) is 10.6 Å². The molecule has 0 heterocycles. The summed E-state index contributed by atoms with van der Waals surface area (Å²) >= 11 is 0. The molecule has 0 radical (unpaired) electrons. The molecule has 8 heteroatoms. The molecule has 2 aromatic carbocycles. The lowest BCUT2D eigenvalue weighted by Crippen LogP contribution is -2.31. The standard InChI is InChI=1S/C20H24FNO5S/c1-14(2)12-22(15(3)23)13-16-6-5-7-17(10-16)27-28(24,25)18-8-9-20(26-4)19(21)11-18/h5-11,14H,12-13H2,1-4H3. The van der Waals surface area contributed by atoms with Gasteiger partial charge in [-0.25, -0.2) is 4.39 Å². The molecule has 0 aromatic heterocycles. The Labute approximate surface area is 165 Å². The summed E-state index contributed by atoms with van der Waals surface area (Å²) in [5.74, 6) is -0.543. The van der Waals surface area contributed by atoms with Crippen LogP contribution in [0, 0.1) is 11.7 Å². The molecule has 1 amide bonds. The largest absolute Gasteiger partial charge is 0.494 e. The van der Waals surface area contributed by atoms with Gasteiger partial charge in [0.2, 0.25) is 5.91 Å². The minimum Gasteiger partial charge on any atom is -0.494 e. The minimum atomic E-state index is -4.22. The van der Waals surface area contributed by atoms with E-state index in [4.69, 9.17) is 8.92 Å². The molecule has 0 fully saturated rings. The molecule has 0 spiro atoms. The number of methoxy groups -OCH3 is 1. The zero-order valence-corrected chi connectivity index (χ0v) is 17.1. The Morgan fingerprint density at radius 1 is 1.18 bits per heavy atom. The Balaban J connectivity index is 2.21. The molecule has 0 aliphatic carbocycles. The van der Waals surface area contributed by atoms with Crippen molar-refractivity contribution in [2.24, 2.45) is 5.92 Å². The third-order valence-corrected chi connectivity index (χ3v) is 5.16. The molecule has 28 heavy (non-hydrogen) atoms. The van der Waals surface area contributed by atoms with Gasteiger partial charge >= 0.3 is 10.1 Å². The van der Waals surface area contributed by atoms with Gasteiger partial charge in [0, 0.05) is 20.0 Å². The molecule has 152 valence electrons. The summed E-state index contributed by atoms with van der Waals surface area (Å²) in [4.78, 5) is 13.2. The quantitative estimate of drug-likeness (QED) is 0.623. The lowest BCUT2D eigenvalue weighted by molar-refractivity contribution is -0.130. The van der Waals surface area contributed by atoms with E-state index in [1.54, 1.807) is 23.1 Å². The summed E-state index contributed by atoms with van der Waals surface area (Å²) in [7, 11) is -2.93. The summed E-state index contributed by atoms with van der Waals surface area (Å²) < 4.78 is 48.6. The number of hydrogen-bond donors (Lipinski definition) is 0. The van der Waals surface area contributed by atoms with E-state index in [1.165, 1.54) is 32.2 Å². The predicted molar refractivity (Wildman–Crippen MR) is 103 cm³/mol. The first-order valence-corrected chi connectivity index (χ1v) is 10.2. The molecule has 0 unspecified atom stereocenters. The van der Waals surface area contributed by atoms with Crippen LogP contribution in [-0.4, -0.2) is 32.9 Å². The number of rotatable bonds is 8. The van der Waals surface area contributed by atoms with Crippen LogP contribution in [-0.2, 0) is 21.5 Å². The van der Waals surface area contributed by atoms with Gasteiger partial charge < -0.3 is 13.8 Å². The first kappa shape index (κ1) is 21.7. The molecule has 0 saturated heterocycles. The highest BCUT2D eigenvalue weighted by atomic mass is 32.2. The second-order valence-electron chi connectivity index (χ2n) is 6.77. The van der Waals surface area contributed by atoms with Crippen molar-refractivity contribution in [3.63, 3.8) is 0 Å². The Morgan fingerprint density at radius 2 is 1.89 bits per heavy atom. The van der Waals surface area contributed by atoms with Crippen LogP contribution in [0.5, 0.6) is 11.5 Å². The molecule has 0 atom stereocenters. The molecule has 0 aliphatic rings. The zero-order valence-electron chi connectivity index (χ0n) is 16.3. The van der Waals surface area contributed by atoms with Crippen LogP contribution in [0.15, 0.2) is 47.4 Å². The molecule has 2 rings (SSSR count). The van der Waals surface area contributed by atoms with Gasteiger partial charge in [-0.15, -0.1) is 0 Å². The Morgan fingerprint density at radius 3 is 2.46 bits per heavy atom. The van der Waals surface area contributed by atoms with Gasteiger partial charge in [0.15, 0.2) is 11.6 Å². The van der Waals surface area contributed by atoms with Crippen molar-refractivity contribution in [3.05, 3.63) is 53.8 Å². The summed E-state index contributed by atoms with van der Waals surface area (Å²) in [6.45, 7) is 6.43. The molecule has 6 nitrogen and oxygen atoms in total. The average molecular weight is 409 g/mol. The highest BCUT2D eigenvalue weighted by Crippen LogP contribution is 2.24. The van der Waals surface area contributed by atoms with Crippen LogP contribution in [0.4, 0.5) is 4.39 Å². The van der Waals surface area contributed by atoms with E-state index < -0.39 is 15.9 Å². The van der Waals surface area contributed by atoms with Crippen molar-refractivity contribution < 1.29 is 26.5 Å². The highest BCUT2D eigenvalue weighted by Gasteiger charge is 2.20. The van der Waals surface area contributed by atoms with Crippen molar-refractivity contribution in [3.8, 4) is 11.5 Å². The van der Waals surface area contributed by atoms with Gasteiger partial charge in [-0.05, 0) is 41.8 Å². The second kappa shape index (κ2) is 9.05. The van der Waals surface area contributed by atoms with Gasteiger partial charge in [0.05, 0.1) is 7.11 Å². The molecule has 0 saturated carbocycles. The van der Waals surface area contributed by atoms with Crippen LogP contribution >= 0.6 is 0 Å². The maximum atomic E-state index is 13.8. The highest BCUT2D eigenvalue weighted by molar-refractivity contribution is 7.87. The second-order valence-corrected chi connectivity index (χ2v) is 8.32. The number of hydrogen-bond acceptors (Lipinski definition) is 5. The van der Waals surface area contributed by atoms with E-state index in [-0.39, 0.29) is 22.3 Å². The van der Waals surface area contributed by atoms with Crippen LogP contribution in [0.2, 0.25) is 0 Å². The fraction of sp³-hybridized carbons (Fsp3) is 0.350. The molecule has 0 aliphatic heterocycles. The van der Waals surface area contributed by atoms with Gasteiger partial charge in [-0.3, -0.25) is 4.79 Å². The lowest BCUT2D eigenvalue weighted by Gasteiger charge is -2.23. The van der Waals surface area contributed by atoms with Crippen molar-refractivity contribution in [2.45, 2.75) is 32.2 Å². The van der Waals surface area contributed by atoms with Crippen molar-refractivity contribution in [1.29, 1.82) is 0 Å². The Hall–Kier alpha value is -2.61. The fourth-order valence-electron chi connectivity index (χ4n) is 2.64. The third-order valence-electron chi connectivity index (χ3n) is 3.92. The number of carbonyl (C=O) groups excluding carboxylic acids is 1. The Bertz CT molecular complexity index is 943. The maximum absolute atomic E-state index is 13.8. The molecular weight excluding hydrogens is 385 g/mol. The number of nitrogens with zero attached hydrogens (tertiary/aromatic N) is 1. The number of amides is 1. The van der Waals surface area contributed by atoms with E-state index in [9.17, 15) is 17.6 Å². The summed E-state index contributed by atoms with van der Waals surface area (Å²) in [6, 6.07) is 9.73. The average Bonchev–Trinajstić information content (AvgIpc) is 2.60. The molecule has 0 bridgehead atoms. The minimum absolute atomic E-state index is 0.0598. The van der Waals surface area contributed by atoms with Crippen LogP contribution in [0.25, 0.3) is 0 Å². The lowest BCUT2D eigenvalue weighted by atomic mass is 10.1. The molecule has 2 aromatic rings. The first-order valence-electron chi connectivity index (χ1n) is 8.75. The van der Waals surface area contributed by atoms with E-state index in [2.05, 4.69) is 0 Å². The fourth-order valence-corrected chi connectivity index (χ4v) is 3.57. The van der Waals surface area contributed by atoms with Crippen molar-refractivity contribution >= 4 is 16.0 Å². The topological polar surface area (TPSA) is 72.9 Å². The van der Waals surface area contributed by atoms with E-state index in [0.29, 0.717) is 19.0 Å². The van der Waals surface area contributed by atoms with Crippen LogP contribution in [0.3, 0.4) is 0 Å². The maximum Gasteiger partial charge on any atom is 0.339 e. The SMILES string of the molecule is COc1ccc(S(=O)(=O)Oc2cccc(CN(CC(C)C)C(C)=O)c2)cc1F. The van der Waals surface area contributed by atoms with Crippen molar-refractivity contribution in [2.75, 3.05) is 13.7 Å². The molecule has 0 N–H and O–H groups in total. The summed E-state index contributed by atoms with van der Waals surface area (Å²) in [6.07, 6.45) is 0. The number of benzene rings is 2. The molecular formula is C20H24FNO5S. The normalized spacial score (nSPS) is 11.4. The number of ether oxygens (including phenoxy) is 1. The number of carbonyl (C=O) groups is 1. The summed E-state index contributed by atoms with van der Waals surface area (Å²) in [5.41, 5.74) is 0.726. The van der Waals surface area contributed by atoms with Gasteiger partial charge in [0.25, 0.3) is 0 Å². The number of halogens is 1. The Kier molecular flexibility index (Phi) is 7.01. The van der Waals surface area contributed by atoms with Gasteiger partial charge in [-0.1, -0.05) is 26.0 Å². The van der Waals surface area contributed by atoms with Crippen LogP contribution < -0.4 is 8.92 Å². The van der Waals surface area contributed by atoms with E-state index in [1.807, 2.05) is 13.8 Å². The van der Waals surface area contributed by atoms with Crippen molar-refractivity contribution in [1.82, 2.24) is 4.90 Å². The van der Waals surface area contributed by atoms with E-state index >= 15 is 0 Å². The summed E-state index contributed by atoms with van der Waals surface area (Å²) in [5, 5.41) is 0. The van der Waals surface area contributed by atoms with Crippen LogP contribution in [0.1, 0.15) is 26.3 Å². The monoisotopic (exact) mass is 409 g/mol. The zero-order chi connectivity index (χ0) is 20.9. The predicted octanol–water partition coefficient (Wildman–Crippen LogP) is 3.61. The van der Waals surface area contributed by atoms with Gasteiger partial charge in [-0.2, -0.15) is 8.42 Å². The third kappa shape index (κ3) is 5.69.